The Kier molecular flexibility index (Phi) is 5.54. The number of aromatic nitrogens is 4. The molecule has 0 bridgehead atoms. The zero-order valence-electron chi connectivity index (χ0n) is 18.8. The van der Waals surface area contributed by atoms with E-state index in [4.69, 9.17) is 4.74 Å². The summed E-state index contributed by atoms with van der Waals surface area (Å²) < 4.78 is 63.2. The van der Waals surface area contributed by atoms with Crippen LogP contribution in [0, 0.1) is 19.7 Å². The zero-order valence-corrected chi connectivity index (χ0v) is 18.8. The lowest BCUT2D eigenvalue weighted by Gasteiger charge is -2.32. The number of halogens is 4. The van der Waals surface area contributed by atoms with Gasteiger partial charge in [0, 0.05) is 11.9 Å². The molecule has 0 saturated carbocycles. The minimum atomic E-state index is -4.54. The Balaban J connectivity index is 1.47. The molecule has 3 heterocycles. The highest BCUT2D eigenvalue weighted by Gasteiger charge is 2.36. The third-order valence-electron chi connectivity index (χ3n) is 5.51. The first-order valence-corrected chi connectivity index (χ1v) is 10.7. The molecule has 0 spiro atoms. The number of ether oxygens (including phenoxy) is 1. The van der Waals surface area contributed by atoms with Crippen molar-refractivity contribution in [3.8, 4) is 11.4 Å². The summed E-state index contributed by atoms with van der Waals surface area (Å²) in [5.74, 6) is 0.0388. The first kappa shape index (κ1) is 22.6. The van der Waals surface area contributed by atoms with E-state index in [1.54, 1.807) is 42.8 Å². The molecule has 0 saturated heterocycles. The van der Waals surface area contributed by atoms with E-state index >= 15 is 0 Å². The van der Waals surface area contributed by atoms with E-state index in [0.29, 0.717) is 16.9 Å². The molecule has 0 atom stereocenters. The number of alkyl halides is 3. The summed E-state index contributed by atoms with van der Waals surface area (Å²) in [4.78, 5) is 14.1. The van der Waals surface area contributed by atoms with Gasteiger partial charge in [0.15, 0.2) is 11.6 Å². The number of aryl methyl sites for hydroxylation is 2. The monoisotopic (exact) mass is 484 g/mol. The van der Waals surface area contributed by atoms with Crippen molar-refractivity contribution in [2.45, 2.75) is 20.0 Å². The van der Waals surface area contributed by atoms with E-state index in [1.165, 1.54) is 29.6 Å². The van der Waals surface area contributed by atoms with Gasteiger partial charge in [-0.2, -0.15) is 18.2 Å². The van der Waals surface area contributed by atoms with Crippen LogP contribution in [-0.2, 0) is 6.18 Å². The number of hydrogen-bond acceptors (Lipinski definition) is 6. The van der Waals surface area contributed by atoms with Crippen molar-refractivity contribution in [2.75, 3.05) is 23.4 Å². The molecule has 0 radical (unpaired) electrons. The van der Waals surface area contributed by atoms with Crippen LogP contribution in [0.3, 0.4) is 0 Å². The second-order valence-corrected chi connectivity index (χ2v) is 8.11. The van der Waals surface area contributed by atoms with Gasteiger partial charge in [0.1, 0.15) is 12.4 Å². The van der Waals surface area contributed by atoms with Gasteiger partial charge in [-0.15, -0.1) is 0 Å². The van der Waals surface area contributed by atoms with Gasteiger partial charge in [-0.3, -0.25) is 0 Å². The van der Waals surface area contributed by atoms with Crippen LogP contribution < -0.4 is 15.0 Å². The Morgan fingerprint density at radius 3 is 2.54 bits per heavy atom. The van der Waals surface area contributed by atoms with E-state index in [2.05, 4.69) is 20.3 Å². The molecule has 180 valence electrons. The van der Waals surface area contributed by atoms with Gasteiger partial charge < -0.3 is 19.5 Å². The Bertz CT molecular complexity index is 1400. The van der Waals surface area contributed by atoms with Gasteiger partial charge in [-0.1, -0.05) is 11.6 Å². The maximum atomic E-state index is 14.7. The Morgan fingerprint density at radius 1 is 1.03 bits per heavy atom. The van der Waals surface area contributed by atoms with Crippen LogP contribution in [0.25, 0.3) is 5.69 Å². The van der Waals surface area contributed by atoms with E-state index in [-0.39, 0.29) is 36.4 Å². The van der Waals surface area contributed by atoms with Crippen LogP contribution in [-0.4, -0.2) is 32.7 Å². The number of anilines is 4. The molecule has 5 rings (SSSR count). The average Bonchev–Trinajstić information content (AvgIpc) is 3.24. The molecule has 1 aliphatic heterocycles. The van der Waals surface area contributed by atoms with Crippen LogP contribution in [0.1, 0.15) is 16.8 Å². The maximum absolute atomic E-state index is 14.7. The highest BCUT2D eigenvalue weighted by molar-refractivity contribution is 5.71. The van der Waals surface area contributed by atoms with Crippen LogP contribution in [0.15, 0.2) is 55.1 Å². The first-order valence-electron chi connectivity index (χ1n) is 10.7. The number of imidazole rings is 1. The lowest BCUT2D eigenvalue weighted by Crippen LogP contribution is -2.31. The molecule has 35 heavy (non-hydrogen) atoms. The largest absolute Gasteiger partial charge is 0.486 e. The lowest BCUT2D eigenvalue weighted by molar-refractivity contribution is -0.137. The average molecular weight is 484 g/mol. The van der Waals surface area contributed by atoms with E-state index in [1.807, 2.05) is 0 Å². The summed E-state index contributed by atoms with van der Waals surface area (Å²) in [6.45, 7) is 3.76. The Morgan fingerprint density at radius 2 is 1.83 bits per heavy atom. The fraction of sp³-hybridized carbons (Fsp3) is 0.208. The van der Waals surface area contributed by atoms with Gasteiger partial charge in [0.05, 0.1) is 41.7 Å². The molecule has 0 amide bonds. The van der Waals surface area contributed by atoms with Crippen LogP contribution in [0.2, 0.25) is 0 Å². The molecule has 2 aromatic heterocycles. The molecule has 0 unspecified atom stereocenters. The van der Waals surface area contributed by atoms with Crippen molar-refractivity contribution in [3.05, 3.63) is 77.8 Å². The van der Waals surface area contributed by atoms with Crippen molar-refractivity contribution in [1.82, 2.24) is 19.5 Å². The molecule has 1 aliphatic rings. The summed E-state index contributed by atoms with van der Waals surface area (Å²) in [5, 5.41) is 2.91. The number of hydrogen-bond donors (Lipinski definition) is 1. The minimum Gasteiger partial charge on any atom is -0.486 e. The van der Waals surface area contributed by atoms with Crippen molar-refractivity contribution in [3.63, 3.8) is 0 Å². The van der Waals surface area contributed by atoms with Gasteiger partial charge in [-0.25, -0.2) is 14.4 Å². The van der Waals surface area contributed by atoms with E-state index in [9.17, 15) is 17.6 Å². The van der Waals surface area contributed by atoms with Gasteiger partial charge in [0.2, 0.25) is 5.95 Å². The number of fused-ring (bicyclic) bond motifs is 1. The van der Waals surface area contributed by atoms with Crippen molar-refractivity contribution in [1.29, 1.82) is 0 Å². The Labute approximate surface area is 198 Å². The van der Waals surface area contributed by atoms with Gasteiger partial charge in [-0.05, 0) is 44.2 Å². The standard InChI is InChI=1S/C24H20F4N6O/c1-14-3-5-19(17(9-14)24(26,27)28)34-7-8-35-21-11-29-23(32-22(21)34)31-16-4-6-20(18(25)10-16)33-12-15(2)30-13-33/h3-6,9-13H,7-8H2,1-2H3,(H,29,31,32). The van der Waals surface area contributed by atoms with Crippen molar-refractivity contribution < 1.29 is 22.3 Å². The highest BCUT2D eigenvalue weighted by atomic mass is 19.4. The first-order chi connectivity index (χ1) is 16.7. The Hall–Kier alpha value is -4.15. The third-order valence-corrected chi connectivity index (χ3v) is 5.51. The van der Waals surface area contributed by atoms with Crippen LogP contribution in [0.4, 0.5) is 40.7 Å². The minimum absolute atomic E-state index is 0.0247. The fourth-order valence-electron chi connectivity index (χ4n) is 3.89. The number of nitrogens with zero attached hydrogens (tertiary/aromatic N) is 5. The predicted molar refractivity (Wildman–Crippen MR) is 122 cm³/mol. The molecule has 7 nitrogen and oxygen atoms in total. The topological polar surface area (TPSA) is 68.1 Å². The third kappa shape index (κ3) is 4.48. The molecule has 4 aromatic rings. The molecule has 11 heteroatoms. The number of benzene rings is 2. The zero-order chi connectivity index (χ0) is 24.7. The fourth-order valence-corrected chi connectivity index (χ4v) is 3.89. The number of rotatable bonds is 4. The second kappa shape index (κ2) is 8.57. The van der Waals surface area contributed by atoms with Gasteiger partial charge >= 0.3 is 6.18 Å². The quantitative estimate of drug-likeness (QED) is 0.374. The normalized spacial score (nSPS) is 13.4. The summed E-state index contributed by atoms with van der Waals surface area (Å²) in [5.41, 5.74) is 1.16. The summed E-state index contributed by atoms with van der Waals surface area (Å²) in [6.07, 6.45) is 0.0630. The molecule has 1 N–H and O–H groups in total. The SMILES string of the molecule is Cc1ccc(N2CCOc3cnc(Nc4ccc(-n5cnc(C)c5)c(F)c4)nc32)c(C(F)(F)F)c1. The summed E-state index contributed by atoms with van der Waals surface area (Å²) >= 11 is 0. The maximum Gasteiger partial charge on any atom is 0.418 e. The lowest BCUT2D eigenvalue weighted by atomic mass is 10.1. The van der Waals surface area contributed by atoms with Crippen LogP contribution in [0.5, 0.6) is 5.75 Å². The summed E-state index contributed by atoms with van der Waals surface area (Å²) in [6, 6.07) is 8.65. The summed E-state index contributed by atoms with van der Waals surface area (Å²) in [7, 11) is 0. The second-order valence-electron chi connectivity index (χ2n) is 8.11. The molecular weight excluding hydrogens is 464 g/mol. The predicted octanol–water partition coefficient (Wildman–Crippen LogP) is 5.71. The molecular formula is C24H20F4N6O. The van der Waals surface area contributed by atoms with E-state index < -0.39 is 17.6 Å². The smallest absolute Gasteiger partial charge is 0.418 e. The van der Waals surface area contributed by atoms with Crippen molar-refractivity contribution in [2.24, 2.45) is 0 Å². The molecule has 0 aliphatic carbocycles. The number of nitrogens with one attached hydrogen (secondary N) is 1. The molecule has 0 fully saturated rings. The highest BCUT2D eigenvalue weighted by Crippen LogP contribution is 2.42. The van der Waals surface area contributed by atoms with Crippen LogP contribution >= 0.6 is 0 Å². The van der Waals surface area contributed by atoms with Crippen molar-refractivity contribution >= 4 is 23.1 Å². The van der Waals surface area contributed by atoms with E-state index in [0.717, 1.165) is 11.8 Å². The van der Waals surface area contributed by atoms with Gasteiger partial charge in [0.25, 0.3) is 0 Å². The molecule has 2 aromatic carbocycles.